The molecule has 1 aromatic heterocycles. The van der Waals surface area contributed by atoms with Gasteiger partial charge in [0.15, 0.2) is 0 Å². The molecule has 0 amide bonds. The van der Waals surface area contributed by atoms with Crippen LogP contribution in [0.4, 0.5) is 0 Å². The fourth-order valence-electron chi connectivity index (χ4n) is 5.01. The van der Waals surface area contributed by atoms with Crippen LogP contribution in [-0.2, 0) is 16.8 Å². The Labute approximate surface area is 203 Å². The second-order valence-electron chi connectivity index (χ2n) is 10.4. The van der Waals surface area contributed by atoms with E-state index >= 15 is 0 Å². The lowest BCUT2D eigenvalue weighted by Gasteiger charge is -2.30. The maximum atomic E-state index is 13.4. The molecule has 3 nitrogen and oxygen atoms in total. The molecule has 0 aliphatic heterocycles. The third-order valence-corrected chi connectivity index (χ3v) is 7.31. The van der Waals surface area contributed by atoms with Gasteiger partial charge in [0.1, 0.15) is 5.76 Å². The third-order valence-electron chi connectivity index (χ3n) is 7.31. The number of carbonyl (C=O) groups is 1. The van der Waals surface area contributed by atoms with E-state index in [-0.39, 0.29) is 17.0 Å². The summed E-state index contributed by atoms with van der Waals surface area (Å²) in [5, 5.41) is 12.1. The molecule has 0 saturated carbocycles. The summed E-state index contributed by atoms with van der Waals surface area (Å²) in [5.74, 6) is 0.537. The largest absolute Gasteiger partial charge is 0.506 e. The molecule has 4 rings (SSSR count). The summed E-state index contributed by atoms with van der Waals surface area (Å²) in [4.78, 5) is 13.4. The highest BCUT2D eigenvalue weighted by Gasteiger charge is 2.38. The molecule has 2 aromatic carbocycles. The average Bonchev–Trinajstić information content (AvgIpc) is 3.07. The Balaban J connectivity index is 1.75. The number of aliphatic hydroxyl groups is 1. The minimum absolute atomic E-state index is 0.0709. The van der Waals surface area contributed by atoms with Crippen molar-refractivity contribution in [3.05, 3.63) is 100 Å². The van der Waals surface area contributed by atoms with Crippen LogP contribution >= 0.6 is 0 Å². The molecule has 1 aliphatic rings. The van der Waals surface area contributed by atoms with Gasteiger partial charge in [-0.25, -0.2) is 0 Å². The lowest BCUT2D eigenvalue weighted by molar-refractivity contribution is -0.111. The van der Waals surface area contributed by atoms with Crippen LogP contribution in [0.5, 0.6) is 0 Å². The van der Waals surface area contributed by atoms with Gasteiger partial charge in [-0.1, -0.05) is 76.7 Å². The summed E-state index contributed by atoms with van der Waals surface area (Å²) in [6, 6.07) is 16.4. The molecule has 3 heteroatoms. The number of carbonyl (C=O) groups excluding carboxylic acids is 1. The zero-order valence-electron chi connectivity index (χ0n) is 21.2. The number of ketones is 1. The number of hydrogen-bond donors (Lipinski definition) is 1. The van der Waals surface area contributed by atoms with Gasteiger partial charge < -0.3 is 9.67 Å². The normalized spacial score (nSPS) is 15.5. The van der Waals surface area contributed by atoms with Gasteiger partial charge in [0, 0.05) is 34.1 Å². The van der Waals surface area contributed by atoms with Crippen LogP contribution in [0.3, 0.4) is 0 Å². The summed E-state index contributed by atoms with van der Waals surface area (Å²) in [6.07, 6.45) is 2.82. The first-order chi connectivity index (χ1) is 16.1. The number of aromatic nitrogens is 1. The fraction of sp³-hybridized carbons (Fsp3) is 0.323. The van der Waals surface area contributed by atoms with Crippen molar-refractivity contribution < 1.29 is 9.90 Å². The zero-order valence-corrected chi connectivity index (χ0v) is 21.2. The van der Waals surface area contributed by atoms with Gasteiger partial charge in [-0.3, -0.25) is 4.79 Å². The SMILES string of the molecule is C=C(/C=C1\C(=O)C(c2c(C)n(CCC(C)C)c3ccccc23)=C1O)C(C)(C)c1ccccc1C. The Hall–Kier alpha value is -3.33. The molecule has 1 aliphatic carbocycles. The van der Waals surface area contributed by atoms with Gasteiger partial charge in [-0.2, -0.15) is 0 Å². The van der Waals surface area contributed by atoms with Crippen LogP contribution < -0.4 is 0 Å². The van der Waals surface area contributed by atoms with Crippen molar-refractivity contribution in [1.29, 1.82) is 0 Å². The first-order valence-corrected chi connectivity index (χ1v) is 12.1. The number of benzene rings is 2. The van der Waals surface area contributed by atoms with Crippen molar-refractivity contribution in [2.45, 2.75) is 59.9 Å². The van der Waals surface area contributed by atoms with E-state index in [1.165, 1.54) is 5.56 Å². The molecule has 0 atom stereocenters. The van der Waals surface area contributed by atoms with Crippen LogP contribution in [0, 0.1) is 19.8 Å². The van der Waals surface area contributed by atoms with Crippen molar-refractivity contribution in [2.75, 3.05) is 0 Å². The molecule has 1 heterocycles. The second kappa shape index (κ2) is 8.79. The fourth-order valence-corrected chi connectivity index (χ4v) is 5.01. The molecule has 0 spiro atoms. The Bertz CT molecular complexity index is 1360. The highest BCUT2D eigenvalue weighted by Crippen LogP contribution is 2.43. The van der Waals surface area contributed by atoms with E-state index in [1.807, 2.05) is 37.3 Å². The number of nitrogens with zero attached hydrogens (tertiary/aromatic N) is 1. The van der Waals surface area contributed by atoms with E-state index in [0.29, 0.717) is 17.1 Å². The van der Waals surface area contributed by atoms with Gasteiger partial charge in [-0.15, -0.1) is 0 Å². The van der Waals surface area contributed by atoms with Gasteiger partial charge in [0.05, 0.1) is 11.1 Å². The molecule has 0 saturated heterocycles. The lowest BCUT2D eigenvalue weighted by Crippen LogP contribution is -2.25. The maximum absolute atomic E-state index is 13.4. The van der Waals surface area contributed by atoms with E-state index in [2.05, 4.69) is 64.0 Å². The van der Waals surface area contributed by atoms with Crippen molar-refractivity contribution in [3.8, 4) is 0 Å². The highest BCUT2D eigenvalue weighted by molar-refractivity contribution is 6.40. The summed E-state index contributed by atoms with van der Waals surface area (Å²) >= 11 is 0. The summed E-state index contributed by atoms with van der Waals surface area (Å²) in [6.45, 7) is 17.9. The molecule has 0 bridgehead atoms. The molecule has 0 radical (unpaired) electrons. The summed E-state index contributed by atoms with van der Waals surface area (Å²) < 4.78 is 2.28. The first-order valence-electron chi connectivity index (χ1n) is 12.1. The molecule has 0 fully saturated rings. The Kier molecular flexibility index (Phi) is 6.16. The predicted molar refractivity (Wildman–Crippen MR) is 142 cm³/mol. The van der Waals surface area contributed by atoms with Crippen LogP contribution in [0.1, 0.15) is 56.5 Å². The zero-order chi connectivity index (χ0) is 24.8. The number of aliphatic hydroxyl groups excluding tert-OH is 1. The quantitative estimate of drug-likeness (QED) is 0.374. The van der Waals surface area contributed by atoms with E-state index < -0.39 is 0 Å². The van der Waals surface area contributed by atoms with Gasteiger partial charge in [0.25, 0.3) is 0 Å². The van der Waals surface area contributed by atoms with Crippen LogP contribution in [-0.4, -0.2) is 15.5 Å². The number of allylic oxidation sites excluding steroid dienone is 4. The molecular weight excluding hydrogens is 418 g/mol. The monoisotopic (exact) mass is 453 g/mol. The van der Waals surface area contributed by atoms with E-state index in [4.69, 9.17) is 0 Å². The van der Waals surface area contributed by atoms with Crippen molar-refractivity contribution in [3.63, 3.8) is 0 Å². The Morgan fingerprint density at radius 3 is 2.38 bits per heavy atom. The lowest BCUT2D eigenvalue weighted by atomic mass is 9.74. The third kappa shape index (κ3) is 3.83. The van der Waals surface area contributed by atoms with Crippen molar-refractivity contribution >= 4 is 22.3 Å². The van der Waals surface area contributed by atoms with Gasteiger partial charge >= 0.3 is 0 Å². The number of aryl methyl sites for hydroxylation is 2. The summed E-state index contributed by atoms with van der Waals surface area (Å²) in [5.41, 5.74) is 6.52. The minimum atomic E-state index is -0.364. The van der Waals surface area contributed by atoms with Gasteiger partial charge in [-0.05, 0) is 55.0 Å². The maximum Gasteiger partial charge on any atom is 0.201 e. The predicted octanol–water partition coefficient (Wildman–Crippen LogP) is 7.62. The Morgan fingerprint density at radius 1 is 1.09 bits per heavy atom. The average molecular weight is 454 g/mol. The molecule has 3 aromatic rings. The smallest absolute Gasteiger partial charge is 0.201 e. The topological polar surface area (TPSA) is 42.2 Å². The van der Waals surface area contributed by atoms with Crippen LogP contribution in [0.2, 0.25) is 0 Å². The van der Waals surface area contributed by atoms with Crippen LogP contribution in [0.15, 0.2) is 78.1 Å². The number of Topliss-reactive ketones (excluding diaryl/α,β-unsaturated/α-hetero) is 1. The van der Waals surface area contributed by atoms with E-state index in [0.717, 1.165) is 46.3 Å². The molecule has 34 heavy (non-hydrogen) atoms. The molecule has 0 unspecified atom stereocenters. The first kappa shape index (κ1) is 23.8. The number of para-hydroxylation sites is 1. The van der Waals surface area contributed by atoms with Crippen molar-refractivity contribution in [1.82, 2.24) is 4.57 Å². The molecule has 1 N–H and O–H groups in total. The summed E-state index contributed by atoms with van der Waals surface area (Å²) in [7, 11) is 0. The standard InChI is InChI=1S/C31H35NO2/c1-19(2)16-17-32-22(5)27(23-13-9-11-15-26(23)32)28-29(33)24(30(28)34)18-21(4)31(6,7)25-14-10-8-12-20(25)3/h8-15,18-19,33H,4,16-17H2,1-3,5-7H3/b24-18-. The minimum Gasteiger partial charge on any atom is -0.506 e. The Morgan fingerprint density at radius 2 is 1.74 bits per heavy atom. The van der Waals surface area contributed by atoms with E-state index in [1.54, 1.807) is 6.08 Å². The van der Waals surface area contributed by atoms with Crippen molar-refractivity contribution in [2.24, 2.45) is 5.92 Å². The molecule has 176 valence electrons. The number of hydrogen-bond acceptors (Lipinski definition) is 2. The van der Waals surface area contributed by atoms with Crippen LogP contribution in [0.25, 0.3) is 16.5 Å². The van der Waals surface area contributed by atoms with Gasteiger partial charge in [0.2, 0.25) is 5.78 Å². The highest BCUT2D eigenvalue weighted by atomic mass is 16.3. The second-order valence-corrected chi connectivity index (χ2v) is 10.4. The van der Waals surface area contributed by atoms with E-state index in [9.17, 15) is 9.90 Å². The number of fused-ring (bicyclic) bond motifs is 1. The number of rotatable bonds is 7. The molecular formula is C31H35NO2.